The van der Waals surface area contributed by atoms with Gasteiger partial charge in [0.1, 0.15) is 5.75 Å². The number of halogens is 1. The van der Waals surface area contributed by atoms with Gasteiger partial charge in [0.15, 0.2) is 0 Å². The number of rotatable bonds is 1. The van der Waals surface area contributed by atoms with E-state index in [1.807, 2.05) is 6.07 Å². The molecule has 1 aliphatic heterocycles. The summed E-state index contributed by atoms with van der Waals surface area (Å²) in [4.78, 5) is 10.9. The highest BCUT2D eigenvalue weighted by atomic mass is 35.5. The van der Waals surface area contributed by atoms with Gasteiger partial charge >= 0.3 is 0 Å². The molecule has 0 spiro atoms. The van der Waals surface area contributed by atoms with Crippen LogP contribution in [0.2, 0.25) is 0 Å². The number of ether oxygens (including phenoxy) is 1. The molecule has 0 saturated heterocycles. The number of hydrogen-bond donors (Lipinski definition) is 0. The Balaban J connectivity index is 2.49. The largest absolute Gasteiger partial charge is 0.492 e. The molecule has 0 unspecified atom stereocenters. The molecule has 1 aromatic rings. The second-order valence-corrected chi connectivity index (χ2v) is 4.50. The fourth-order valence-electron chi connectivity index (χ4n) is 1.66. The van der Waals surface area contributed by atoms with Crippen molar-refractivity contribution in [3.63, 3.8) is 0 Å². The van der Waals surface area contributed by atoms with Crippen LogP contribution >= 0.6 is 11.6 Å². The summed E-state index contributed by atoms with van der Waals surface area (Å²) in [6.07, 6.45) is 0. The van der Waals surface area contributed by atoms with Crippen LogP contribution in [0.25, 0.3) is 0 Å². The molecular weight excluding hydrogens is 200 g/mol. The smallest absolute Gasteiger partial charge is 0.252 e. The molecule has 2 nitrogen and oxygen atoms in total. The van der Waals surface area contributed by atoms with Crippen molar-refractivity contribution in [2.75, 3.05) is 6.61 Å². The average Bonchev–Trinajstić information content (AvgIpc) is 2.42. The molecule has 0 aliphatic carbocycles. The molecule has 1 heterocycles. The van der Waals surface area contributed by atoms with Crippen molar-refractivity contribution in [1.82, 2.24) is 0 Å². The van der Waals surface area contributed by atoms with Crippen LogP contribution in [0.5, 0.6) is 5.75 Å². The van der Waals surface area contributed by atoms with Crippen LogP contribution < -0.4 is 4.74 Å². The van der Waals surface area contributed by atoms with Gasteiger partial charge in [-0.3, -0.25) is 4.79 Å². The number of hydrogen-bond acceptors (Lipinski definition) is 2. The highest BCUT2D eigenvalue weighted by Gasteiger charge is 2.31. The maximum Gasteiger partial charge on any atom is 0.252 e. The second kappa shape index (κ2) is 2.99. The number of carbonyl (C=O) groups excluding carboxylic acids is 1. The fourth-order valence-corrected chi connectivity index (χ4v) is 1.78. The van der Waals surface area contributed by atoms with Crippen LogP contribution in [0.1, 0.15) is 29.8 Å². The zero-order valence-electron chi connectivity index (χ0n) is 8.13. The van der Waals surface area contributed by atoms with E-state index in [1.54, 1.807) is 12.1 Å². The Hall–Kier alpha value is -1.02. The Morgan fingerprint density at radius 2 is 2.21 bits per heavy atom. The summed E-state index contributed by atoms with van der Waals surface area (Å²) in [5, 5.41) is -0.443. The number of fused-ring (bicyclic) bond motifs is 1. The van der Waals surface area contributed by atoms with Gasteiger partial charge in [0.2, 0.25) is 0 Å². The molecule has 1 aliphatic rings. The fraction of sp³-hybridized carbons (Fsp3) is 0.364. The van der Waals surface area contributed by atoms with Gasteiger partial charge in [0.25, 0.3) is 5.24 Å². The van der Waals surface area contributed by atoms with Gasteiger partial charge in [-0.15, -0.1) is 0 Å². The first-order valence-corrected chi connectivity index (χ1v) is 4.86. The van der Waals surface area contributed by atoms with Crippen molar-refractivity contribution >= 4 is 16.8 Å². The first kappa shape index (κ1) is 9.53. The molecule has 0 atom stereocenters. The highest BCUT2D eigenvalue weighted by Crippen LogP contribution is 2.38. The molecule has 0 saturated carbocycles. The van der Waals surface area contributed by atoms with Crippen molar-refractivity contribution in [2.24, 2.45) is 0 Å². The summed E-state index contributed by atoms with van der Waals surface area (Å²) >= 11 is 5.38. The summed E-state index contributed by atoms with van der Waals surface area (Å²) in [6, 6.07) is 5.36. The molecule has 14 heavy (non-hydrogen) atoms. The summed E-state index contributed by atoms with van der Waals surface area (Å²) in [6.45, 7) is 4.88. The van der Waals surface area contributed by atoms with E-state index >= 15 is 0 Å². The van der Waals surface area contributed by atoms with Crippen molar-refractivity contribution in [3.8, 4) is 5.75 Å². The molecule has 0 N–H and O–H groups in total. The van der Waals surface area contributed by atoms with Crippen molar-refractivity contribution in [2.45, 2.75) is 19.3 Å². The Morgan fingerprint density at radius 1 is 1.50 bits per heavy atom. The second-order valence-electron chi connectivity index (χ2n) is 4.16. The molecule has 0 fully saturated rings. The molecule has 2 rings (SSSR count). The Kier molecular flexibility index (Phi) is 2.04. The Morgan fingerprint density at radius 3 is 2.86 bits per heavy atom. The molecule has 0 aromatic heterocycles. The summed E-state index contributed by atoms with van der Waals surface area (Å²) < 4.78 is 5.49. The standard InChI is InChI=1S/C11H11ClO2/c1-11(2)6-14-9-5-7(10(12)13)3-4-8(9)11/h3-5H,6H2,1-2H3. The van der Waals surface area contributed by atoms with Gasteiger partial charge in [0, 0.05) is 16.5 Å². The van der Waals surface area contributed by atoms with Crippen LogP contribution in [-0.2, 0) is 5.41 Å². The van der Waals surface area contributed by atoms with Gasteiger partial charge in [-0.1, -0.05) is 19.9 Å². The quantitative estimate of drug-likeness (QED) is 0.667. The average molecular weight is 211 g/mol. The topological polar surface area (TPSA) is 26.3 Å². The lowest BCUT2D eigenvalue weighted by atomic mass is 9.87. The van der Waals surface area contributed by atoms with Gasteiger partial charge in [-0.25, -0.2) is 0 Å². The molecule has 0 bridgehead atoms. The van der Waals surface area contributed by atoms with E-state index in [0.29, 0.717) is 12.2 Å². The summed E-state index contributed by atoms with van der Waals surface area (Å²) in [5.74, 6) is 0.779. The maximum absolute atomic E-state index is 10.9. The van der Waals surface area contributed by atoms with Gasteiger partial charge in [0.05, 0.1) is 6.61 Å². The molecule has 0 amide bonds. The van der Waals surface area contributed by atoms with Gasteiger partial charge < -0.3 is 4.74 Å². The van der Waals surface area contributed by atoms with Crippen molar-refractivity contribution < 1.29 is 9.53 Å². The minimum Gasteiger partial charge on any atom is -0.492 e. The number of carbonyl (C=O) groups is 1. The minimum atomic E-state index is -0.443. The van der Waals surface area contributed by atoms with Crippen LogP contribution in [0.4, 0.5) is 0 Å². The minimum absolute atomic E-state index is 0.0310. The molecule has 3 heteroatoms. The summed E-state index contributed by atoms with van der Waals surface area (Å²) in [5.41, 5.74) is 1.66. The van der Waals surface area contributed by atoms with E-state index in [0.717, 1.165) is 11.3 Å². The lowest BCUT2D eigenvalue weighted by Crippen LogP contribution is -2.18. The zero-order valence-corrected chi connectivity index (χ0v) is 8.89. The van der Waals surface area contributed by atoms with E-state index in [2.05, 4.69) is 13.8 Å². The first-order valence-electron chi connectivity index (χ1n) is 4.48. The Bertz CT molecular complexity index is 396. The third kappa shape index (κ3) is 1.40. The van der Waals surface area contributed by atoms with Crippen molar-refractivity contribution in [1.29, 1.82) is 0 Å². The monoisotopic (exact) mass is 210 g/mol. The molecule has 0 radical (unpaired) electrons. The predicted molar refractivity (Wildman–Crippen MR) is 55.1 cm³/mol. The maximum atomic E-state index is 10.9. The van der Waals surface area contributed by atoms with E-state index < -0.39 is 5.24 Å². The van der Waals surface area contributed by atoms with E-state index in [-0.39, 0.29) is 5.41 Å². The van der Waals surface area contributed by atoms with E-state index in [9.17, 15) is 4.79 Å². The molecular formula is C11H11ClO2. The third-order valence-corrected chi connectivity index (χ3v) is 2.74. The lowest BCUT2D eigenvalue weighted by Gasteiger charge is -2.14. The highest BCUT2D eigenvalue weighted by molar-refractivity contribution is 6.67. The van der Waals surface area contributed by atoms with E-state index in [4.69, 9.17) is 16.3 Å². The van der Waals surface area contributed by atoms with E-state index in [1.165, 1.54) is 0 Å². The first-order chi connectivity index (χ1) is 6.50. The third-order valence-electron chi connectivity index (χ3n) is 2.53. The molecule has 1 aromatic carbocycles. The van der Waals surface area contributed by atoms with Gasteiger partial charge in [-0.2, -0.15) is 0 Å². The van der Waals surface area contributed by atoms with Crippen LogP contribution in [0.15, 0.2) is 18.2 Å². The lowest BCUT2D eigenvalue weighted by molar-refractivity contribution is 0.108. The van der Waals surface area contributed by atoms with Crippen LogP contribution in [0, 0.1) is 0 Å². The van der Waals surface area contributed by atoms with Gasteiger partial charge in [-0.05, 0) is 23.7 Å². The molecule has 74 valence electrons. The normalized spacial score (nSPS) is 17.4. The van der Waals surface area contributed by atoms with Crippen LogP contribution in [-0.4, -0.2) is 11.8 Å². The number of benzene rings is 1. The Labute approximate surface area is 87.8 Å². The predicted octanol–water partition coefficient (Wildman–Crippen LogP) is 2.74. The zero-order chi connectivity index (χ0) is 10.3. The van der Waals surface area contributed by atoms with Crippen LogP contribution in [0.3, 0.4) is 0 Å². The SMILES string of the molecule is CC1(C)COc2cc(C(=O)Cl)ccc21. The summed E-state index contributed by atoms with van der Waals surface area (Å²) in [7, 11) is 0. The van der Waals surface area contributed by atoms with Crippen molar-refractivity contribution in [3.05, 3.63) is 29.3 Å².